The molecule has 160 valence electrons. The molecule has 0 aliphatic rings. The van der Waals surface area contributed by atoms with Crippen LogP contribution in [0.5, 0.6) is 23.0 Å². The van der Waals surface area contributed by atoms with E-state index in [1.807, 2.05) is 12.1 Å². The number of benzene rings is 2. The number of nitrogens with one attached hydrogen (secondary N) is 1. The number of nitrogens with zero attached hydrogens (tertiary/aromatic N) is 1. The summed E-state index contributed by atoms with van der Waals surface area (Å²) in [6.45, 7) is 6.31. The Bertz CT molecular complexity index is 958. The fourth-order valence-electron chi connectivity index (χ4n) is 3.08. The highest BCUT2D eigenvalue weighted by Gasteiger charge is 2.15. The fourth-order valence-corrected chi connectivity index (χ4v) is 3.08. The number of methoxy groups -OCH3 is 2. The predicted octanol–water partition coefficient (Wildman–Crippen LogP) is 4.10. The number of hydrogen-bond acceptors (Lipinski definition) is 7. The van der Waals surface area contributed by atoms with E-state index in [1.165, 1.54) is 19.8 Å². The Balaban J connectivity index is 1.67. The van der Waals surface area contributed by atoms with E-state index >= 15 is 0 Å². The second-order valence-corrected chi connectivity index (χ2v) is 6.86. The van der Waals surface area contributed by atoms with Crippen molar-refractivity contribution in [2.24, 2.45) is 0 Å². The second kappa shape index (κ2) is 10.0. The lowest BCUT2D eigenvalue weighted by Gasteiger charge is -2.12. The molecule has 7 nitrogen and oxygen atoms in total. The molecule has 0 atom stereocenters. The minimum Gasteiger partial charge on any atom is -0.502 e. The molecule has 3 aromatic rings. The SMILES string of the molecule is CCNCc1cc(C)ccc1OCCc1coc(-c2cc(OC)c(O)c(OC)c2)n1. The Morgan fingerprint density at radius 1 is 1.07 bits per heavy atom. The van der Waals surface area contributed by atoms with Crippen LogP contribution in [0.15, 0.2) is 41.0 Å². The molecular weight excluding hydrogens is 384 g/mol. The summed E-state index contributed by atoms with van der Waals surface area (Å²) >= 11 is 0. The van der Waals surface area contributed by atoms with Crippen LogP contribution in [0.4, 0.5) is 0 Å². The molecule has 0 aliphatic carbocycles. The standard InChI is InChI=1S/C23H28N2O5/c1-5-24-13-17-10-15(2)6-7-19(17)29-9-8-18-14-30-23(25-18)16-11-20(27-3)22(26)21(12-16)28-4/h6-7,10-12,14,24,26H,5,8-9,13H2,1-4H3. The lowest BCUT2D eigenvalue weighted by molar-refractivity contribution is 0.316. The van der Waals surface area contributed by atoms with E-state index in [0.29, 0.717) is 36.0 Å². The number of aromatic hydroxyl groups is 1. The van der Waals surface area contributed by atoms with Gasteiger partial charge in [-0.05, 0) is 31.7 Å². The van der Waals surface area contributed by atoms with Gasteiger partial charge in [0.2, 0.25) is 11.6 Å². The van der Waals surface area contributed by atoms with Crippen LogP contribution >= 0.6 is 0 Å². The van der Waals surface area contributed by atoms with Gasteiger partial charge in [-0.15, -0.1) is 0 Å². The smallest absolute Gasteiger partial charge is 0.226 e. The molecule has 0 spiro atoms. The highest BCUT2D eigenvalue weighted by molar-refractivity contribution is 5.65. The molecule has 2 aromatic carbocycles. The third-order valence-electron chi connectivity index (χ3n) is 4.68. The van der Waals surface area contributed by atoms with Gasteiger partial charge in [-0.2, -0.15) is 0 Å². The zero-order valence-electron chi connectivity index (χ0n) is 17.8. The van der Waals surface area contributed by atoms with Gasteiger partial charge >= 0.3 is 0 Å². The summed E-state index contributed by atoms with van der Waals surface area (Å²) in [5.74, 6) is 1.82. The van der Waals surface area contributed by atoms with Gasteiger partial charge in [-0.1, -0.05) is 24.6 Å². The maximum Gasteiger partial charge on any atom is 0.226 e. The summed E-state index contributed by atoms with van der Waals surface area (Å²) in [6.07, 6.45) is 2.21. The zero-order valence-corrected chi connectivity index (χ0v) is 17.8. The number of hydrogen-bond donors (Lipinski definition) is 2. The molecule has 0 saturated carbocycles. The van der Waals surface area contributed by atoms with Crippen molar-refractivity contribution >= 4 is 0 Å². The molecule has 0 fully saturated rings. The first-order valence-electron chi connectivity index (χ1n) is 9.88. The third kappa shape index (κ3) is 5.04. The lowest BCUT2D eigenvalue weighted by atomic mass is 10.1. The number of oxazole rings is 1. The number of ether oxygens (including phenoxy) is 3. The Morgan fingerprint density at radius 2 is 1.80 bits per heavy atom. The molecule has 0 aliphatic heterocycles. The van der Waals surface area contributed by atoms with Crippen LogP contribution in [0.1, 0.15) is 23.7 Å². The first kappa shape index (κ1) is 21.5. The largest absolute Gasteiger partial charge is 0.502 e. The minimum absolute atomic E-state index is 0.0598. The average Bonchev–Trinajstić information content (AvgIpc) is 3.22. The summed E-state index contributed by atoms with van der Waals surface area (Å²) in [5.41, 5.74) is 3.77. The summed E-state index contributed by atoms with van der Waals surface area (Å²) in [4.78, 5) is 4.53. The molecule has 30 heavy (non-hydrogen) atoms. The molecule has 0 bridgehead atoms. The maximum atomic E-state index is 10.1. The average molecular weight is 412 g/mol. The topological polar surface area (TPSA) is 86.0 Å². The Hall–Kier alpha value is -3.19. The highest BCUT2D eigenvalue weighted by Crippen LogP contribution is 2.40. The molecule has 0 unspecified atom stereocenters. The van der Waals surface area contributed by atoms with Crippen LogP contribution in [0.25, 0.3) is 11.5 Å². The van der Waals surface area contributed by atoms with Gasteiger partial charge in [-0.25, -0.2) is 4.98 Å². The predicted molar refractivity (Wildman–Crippen MR) is 114 cm³/mol. The third-order valence-corrected chi connectivity index (χ3v) is 4.68. The number of phenolic OH excluding ortho intramolecular Hbond substituents is 1. The van der Waals surface area contributed by atoms with Crippen molar-refractivity contribution in [1.29, 1.82) is 0 Å². The fraction of sp³-hybridized carbons (Fsp3) is 0.348. The van der Waals surface area contributed by atoms with Crippen molar-refractivity contribution in [3.8, 4) is 34.5 Å². The molecular formula is C23H28N2O5. The lowest BCUT2D eigenvalue weighted by Crippen LogP contribution is -2.13. The van der Waals surface area contributed by atoms with E-state index in [0.717, 1.165) is 30.1 Å². The van der Waals surface area contributed by atoms with Gasteiger partial charge in [0, 0.05) is 24.1 Å². The number of aryl methyl sites for hydroxylation is 1. The Kier molecular flexibility index (Phi) is 7.19. The van der Waals surface area contributed by atoms with Crippen molar-refractivity contribution in [1.82, 2.24) is 10.3 Å². The van der Waals surface area contributed by atoms with E-state index in [9.17, 15) is 5.11 Å². The summed E-state index contributed by atoms with van der Waals surface area (Å²) < 4.78 is 22.0. The van der Waals surface area contributed by atoms with Crippen LogP contribution < -0.4 is 19.5 Å². The maximum absolute atomic E-state index is 10.1. The number of rotatable bonds is 10. The quantitative estimate of drug-likeness (QED) is 0.518. The summed E-state index contributed by atoms with van der Waals surface area (Å²) in [6, 6.07) is 9.50. The van der Waals surface area contributed by atoms with E-state index in [4.69, 9.17) is 18.6 Å². The second-order valence-electron chi connectivity index (χ2n) is 6.86. The minimum atomic E-state index is -0.0598. The summed E-state index contributed by atoms with van der Waals surface area (Å²) in [5, 5.41) is 13.4. The van der Waals surface area contributed by atoms with E-state index in [-0.39, 0.29) is 5.75 Å². The van der Waals surface area contributed by atoms with Crippen molar-refractivity contribution in [3.63, 3.8) is 0 Å². The number of aromatic nitrogens is 1. The molecule has 0 amide bonds. The molecule has 3 rings (SSSR count). The normalized spacial score (nSPS) is 10.8. The Labute approximate surface area is 176 Å². The van der Waals surface area contributed by atoms with Gasteiger partial charge in [0.15, 0.2) is 11.5 Å². The van der Waals surface area contributed by atoms with E-state index in [1.54, 1.807) is 18.4 Å². The first-order valence-corrected chi connectivity index (χ1v) is 9.88. The number of phenols is 1. The molecule has 7 heteroatoms. The molecule has 1 aromatic heterocycles. The van der Waals surface area contributed by atoms with Crippen molar-refractivity contribution in [2.45, 2.75) is 26.8 Å². The van der Waals surface area contributed by atoms with E-state index in [2.05, 4.69) is 30.2 Å². The van der Waals surface area contributed by atoms with Crippen LogP contribution in [0.3, 0.4) is 0 Å². The van der Waals surface area contributed by atoms with Gasteiger partial charge in [-0.3, -0.25) is 0 Å². The highest BCUT2D eigenvalue weighted by atomic mass is 16.5. The molecule has 1 heterocycles. The van der Waals surface area contributed by atoms with Gasteiger partial charge in [0.05, 0.1) is 26.5 Å². The summed E-state index contributed by atoms with van der Waals surface area (Å²) in [7, 11) is 2.96. The molecule has 2 N–H and O–H groups in total. The first-order chi connectivity index (χ1) is 14.5. The molecule has 0 radical (unpaired) electrons. The van der Waals surface area contributed by atoms with Crippen LogP contribution in [0.2, 0.25) is 0 Å². The van der Waals surface area contributed by atoms with Gasteiger partial charge in [0.25, 0.3) is 0 Å². The van der Waals surface area contributed by atoms with Crippen molar-refractivity contribution in [3.05, 3.63) is 53.4 Å². The van der Waals surface area contributed by atoms with Crippen LogP contribution in [-0.4, -0.2) is 37.5 Å². The van der Waals surface area contributed by atoms with Crippen molar-refractivity contribution < 1.29 is 23.7 Å². The van der Waals surface area contributed by atoms with Gasteiger partial charge < -0.3 is 29.1 Å². The van der Waals surface area contributed by atoms with Gasteiger partial charge in [0.1, 0.15) is 12.0 Å². The molecule has 0 saturated heterocycles. The van der Waals surface area contributed by atoms with Crippen LogP contribution in [-0.2, 0) is 13.0 Å². The van der Waals surface area contributed by atoms with E-state index < -0.39 is 0 Å². The Morgan fingerprint density at radius 3 is 2.47 bits per heavy atom. The zero-order chi connectivity index (χ0) is 21.5. The van der Waals surface area contributed by atoms with Crippen molar-refractivity contribution in [2.75, 3.05) is 27.4 Å². The monoisotopic (exact) mass is 412 g/mol. The van der Waals surface area contributed by atoms with Crippen LogP contribution in [0, 0.1) is 6.92 Å².